The molecule has 0 radical (unpaired) electrons. The number of nitrogens with one attached hydrogen (secondary N) is 1. The molecule has 1 aromatic heterocycles. The van der Waals surface area contributed by atoms with Crippen molar-refractivity contribution in [2.24, 2.45) is 0 Å². The summed E-state index contributed by atoms with van der Waals surface area (Å²) in [5.41, 5.74) is 0. The van der Waals surface area contributed by atoms with Crippen LogP contribution in [0.2, 0.25) is 0 Å². The van der Waals surface area contributed by atoms with Gasteiger partial charge in [-0.2, -0.15) is 0 Å². The zero-order chi connectivity index (χ0) is 18.1. The van der Waals surface area contributed by atoms with Crippen molar-refractivity contribution in [3.05, 3.63) is 61.2 Å². The van der Waals surface area contributed by atoms with E-state index in [4.69, 9.17) is 4.74 Å². The molecule has 1 heterocycles. The standard InChI is InChI=1S/C17H19FN4O2S/c1-3-9-19-16(23)12-25-17-21-20-15(22(17)10-4-2)11-24-14-7-5-13(18)6-8-14/h3-8H,1-2,9-12H2,(H,19,23). The smallest absolute Gasteiger partial charge is 0.230 e. The summed E-state index contributed by atoms with van der Waals surface area (Å²) in [6, 6.07) is 5.74. The zero-order valence-corrected chi connectivity index (χ0v) is 14.5. The van der Waals surface area contributed by atoms with Crippen LogP contribution in [-0.4, -0.2) is 33.0 Å². The van der Waals surface area contributed by atoms with E-state index in [0.29, 0.717) is 29.8 Å². The highest BCUT2D eigenvalue weighted by atomic mass is 32.2. The Morgan fingerprint density at radius 2 is 2.04 bits per heavy atom. The Labute approximate surface area is 149 Å². The van der Waals surface area contributed by atoms with Crippen LogP contribution >= 0.6 is 11.8 Å². The topological polar surface area (TPSA) is 69.0 Å². The number of carbonyl (C=O) groups is 1. The Hall–Kier alpha value is -2.61. The number of amides is 1. The predicted octanol–water partition coefficient (Wildman–Crippen LogP) is 2.58. The number of halogens is 1. The molecule has 2 aromatic rings. The second kappa shape index (κ2) is 9.63. The molecule has 0 spiro atoms. The number of allylic oxidation sites excluding steroid dienone is 1. The minimum Gasteiger partial charge on any atom is -0.486 e. The van der Waals surface area contributed by atoms with Crippen molar-refractivity contribution in [3.8, 4) is 5.75 Å². The molecule has 132 valence electrons. The Kier molecular flexibility index (Phi) is 7.21. The van der Waals surface area contributed by atoms with E-state index in [0.717, 1.165) is 0 Å². The van der Waals surface area contributed by atoms with Crippen LogP contribution in [-0.2, 0) is 17.9 Å². The molecule has 0 aliphatic heterocycles. The van der Waals surface area contributed by atoms with Gasteiger partial charge in [-0.15, -0.1) is 23.4 Å². The summed E-state index contributed by atoms with van der Waals surface area (Å²) in [6.45, 7) is 8.37. The number of hydrogen-bond acceptors (Lipinski definition) is 5. The predicted molar refractivity (Wildman–Crippen MR) is 94.9 cm³/mol. The Bertz CT molecular complexity index is 731. The van der Waals surface area contributed by atoms with E-state index in [9.17, 15) is 9.18 Å². The van der Waals surface area contributed by atoms with E-state index < -0.39 is 0 Å². The molecule has 0 aliphatic carbocycles. The first-order chi connectivity index (χ1) is 12.1. The average Bonchev–Trinajstić information content (AvgIpc) is 3.00. The third kappa shape index (κ3) is 5.75. The van der Waals surface area contributed by atoms with Gasteiger partial charge in [0.15, 0.2) is 11.0 Å². The largest absolute Gasteiger partial charge is 0.486 e. The Morgan fingerprint density at radius 1 is 1.28 bits per heavy atom. The summed E-state index contributed by atoms with van der Waals surface area (Å²) < 4.78 is 20.3. The van der Waals surface area contributed by atoms with Gasteiger partial charge in [0, 0.05) is 13.1 Å². The van der Waals surface area contributed by atoms with E-state index >= 15 is 0 Å². The molecule has 1 N–H and O–H groups in total. The van der Waals surface area contributed by atoms with Gasteiger partial charge in [-0.25, -0.2) is 4.39 Å². The summed E-state index contributed by atoms with van der Waals surface area (Å²) in [5.74, 6) is 0.922. The van der Waals surface area contributed by atoms with Crippen LogP contribution in [0.5, 0.6) is 5.75 Å². The van der Waals surface area contributed by atoms with Gasteiger partial charge in [-0.1, -0.05) is 23.9 Å². The van der Waals surface area contributed by atoms with Gasteiger partial charge in [-0.3, -0.25) is 9.36 Å². The molecule has 8 heteroatoms. The van der Waals surface area contributed by atoms with Gasteiger partial charge in [0.2, 0.25) is 5.91 Å². The fraction of sp³-hybridized carbons (Fsp3) is 0.235. The maximum atomic E-state index is 12.9. The summed E-state index contributed by atoms with van der Waals surface area (Å²) in [4.78, 5) is 11.7. The van der Waals surface area contributed by atoms with Crippen molar-refractivity contribution < 1.29 is 13.9 Å². The number of ether oxygens (including phenoxy) is 1. The SMILES string of the molecule is C=CCNC(=O)CSc1nnc(COc2ccc(F)cc2)n1CC=C. The highest BCUT2D eigenvalue weighted by molar-refractivity contribution is 7.99. The number of rotatable bonds is 10. The summed E-state index contributed by atoms with van der Waals surface area (Å²) in [6.07, 6.45) is 3.33. The molecule has 25 heavy (non-hydrogen) atoms. The molecule has 0 fully saturated rings. The highest BCUT2D eigenvalue weighted by Crippen LogP contribution is 2.19. The molecule has 0 aliphatic rings. The van der Waals surface area contributed by atoms with Crippen molar-refractivity contribution in [2.45, 2.75) is 18.3 Å². The Balaban J connectivity index is 1.99. The van der Waals surface area contributed by atoms with Crippen molar-refractivity contribution >= 4 is 17.7 Å². The molecular weight excluding hydrogens is 343 g/mol. The monoisotopic (exact) mass is 362 g/mol. The van der Waals surface area contributed by atoms with E-state index in [1.54, 1.807) is 24.3 Å². The molecule has 1 aromatic carbocycles. The van der Waals surface area contributed by atoms with Gasteiger partial charge in [0.05, 0.1) is 5.75 Å². The van der Waals surface area contributed by atoms with Crippen LogP contribution in [0.25, 0.3) is 0 Å². The van der Waals surface area contributed by atoms with Crippen molar-refractivity contribution in [1.82, 2.24) is 20.1 Å². The molecule has 0 bridgehead atoms. The van der Waals surface area contributed by atoms with Gasteiger partial charge in [-0.05, 0) is 24.3 Å². The lowest BCUT2D eigenvalue weighted by molar-refractivity contribution is -0.118. The van der Waals surface area contributed by atoms with Gasteiger partial charge < -0.3 is 10.1 Å². The molecule has 0 atom stereocenters. The maximum absolute atomic E-state index is 12.9. The number of hydrogen-bond donors (Lipinski definition) is 1. The first-order valence-corrected chi connectivity index (χ1v) is 8.54. The molecule has 1 amide bonds. The molecule has 0 unspecified atom stereocenters. The van der Waals surface area contributed by atoms with Crippen LogP contribution in [0.4, 0.5) is 4.39 Å². The molecule has 2 rings (SSSR count). The van der Waals surface area contributed by atoms with Crippen LogP contribution in [0.15, 0.2) is 54.7 Å². The number of thioether (sulfide) groups is 1. The number of nitrogens with zero attached hydrogens (tertiary/aromatic N) is 3. The van der Waals surface area contributed by atoms with Gasteiger partial charge >= 0.3 is 0 Å². The van der Waals surface area contributed by atoms with Gasteiger partial charge in [0.1, 0.15) is 18.2 Å². The van der Waals surface area contributed by atoms with Crippen molar-refractivity contribution in [1.29, 1.82) is 0 Å². The van der Waals surface area contributed by atoms with E-state index in [1.807, 2.05) is 4.57 Å². The quantitative estimate of drug-likeness (QED) is 0.520. The number of aromatic nitrogens is 3. The lowest BCUT2D eigenvalue weighted by Gasteiger charge is -2.09. The molecule has 6 nitrogen and oxygen atoms in total. The first-order valence-electron chi connectivity index (χ1n) is 7.55. The fourth-order valence-corrected chi connectivity index (χ4v) is 2.69. The summed E-state index contributed by atoms with van der Waals surface area (Å²) in [5, 5.41) is 11.5. The lowest BCUT2D eigenvalue weighted by atomic mass is 10.3. The van der Waals surface area contributed by atoms with Gasteiger partial charge in [0.25, 0.3) is 0 Å². The van der Waals surface area contributed by atoms with E-state index in [1.165, 1.54) is 23.9 Å². The second-order valence-corrected chi connectivity index (χ2v) is 5.86. The third-order valence-electron chi connectivity index (χ3n) is 3.06. The first kappa shape index (κ1) is 18.7. The molecule has 0 saturated heterocycles. The minimum atomic E-state index is -0.324. The normalized spacial score (nSPS) is 10.3. The fourth-order valence-electron chi connectivity index (χ4n) is 1.89. The van der Waals surface area contributed by atoms with Crippen molar-refractivity contribution in [2.75, 3.05) is 12.3 Å². The molecule has 0 saturated carbocycles. The van der Waals surface area contributed by atoms with Crippen molar-refractivity contribution in [3.63, 3.8) is 0 Å². The maximum Gasteiger partial charge on any atom is 0.230 e. The van der Waals surface area contributed by atoms with Crippen LogP contribution in [0.3, 0.4) is 0 Å². The van der Waals surface area contributed by atoms with Crippen LogP contribution < -0.4 is 10.1 Å². The molecular formula is C17H19FN4O2S. The highest BCUT2D eigenvalue weighted by Gasteiger charge is 2.14. The summed E-state index contributed by atoms with van der Waals surface area (Å²) >= 11 is 1.28. The third-order valence-corrected chi connectivity index (χ3v) is 4.03. The van der Waals surface area contributed by atoms with Crippen LogP contribution in [0, 0.1) is 5.82 Å². The van der Waals surface area contributed by atoms with Crippen LogP contribution in [0.1, 0.15) is 5.82 Å². The van der Waals surface area contributed by atoms with E-state index in [2.05, 4.69) is 28.7 Å². The lowest BCUT2D eigenvalue weighted by Crippen LogP contribution is -2.25. The Morgan fingerprint density at radius 3 is 2.72 bits per heavy atom. The number of carbonyl (C=O) groups excluding carboxylic acids is 1. The zero-order valence-electron chi connectivity index (χ0n) is 13.7. The van der Waals surface area contributed by atoms with E-state index in [-0.39, 0.29) is 24.1 Å². The minimum absolute atomic E-state index is 0.109. The second-order valence-electron chi connectivity index (χ2n) is 4.92. The summed E-state index contributed by atoms with van der Waals surface area (Å²) in [7, 11) is 0. The average molecular weight is 362 g/mol. The number of benzene rings is 1.